The number of rotatable bonds is 21. The molecule has 0 bridgehead atoms. The lowest BCUT2D eigenvalue weighted by Crippen LogP contribution is -2.58. The zero-order valence-corrected chi connectivity index (χ0v) is 32.5. The molecule has 14 nitrogen and oxygen atoms in total. The van der Waals surface area contributed by atoms with Crippen LogP contribution in [0, 0.1) is 17.3 Å². The molecular weight excluding hydrogens is 678 g/mol. The fraction of sp³-hybridized carbons (Fsp3) is 0.615. The number of methoxy groups -OCH3 is 1. The van der Waals surface area contributed by atoms with Gasteiger partial charge in [0.25, 0.3) is 0 Å². The summed E-state index contributed by atoms with van der Waals surface area (Å²) in [5.74, 6) is -0.473. The maximum absolute atomic E-state index is 14.3. The molecule has 3 rings (SSSR count). The van der Waals surface area contributed by atoms with Crippen LogP contribution in [0.4, 0.5) is 9.59 Å². The Bertz CT molecular complexity index is 1480. The molecule has 1 aliphatic heterocycles. The minimum atomic E-state index is -1.09. The van der Waals surface area contributed by atoms with Gasteiger partial charge in [0.05, 0.1) is 43.8 Å². The van der Waals surface area contributed by atoms with Crippen LogP contribution in [0.5, 0.6) is 0 Å². The minimum Gasteiger partial charge on any atom is -0.453 e. The van der Waals surface area contributed by atoms with Gasteiger partial charge in [0.1, 0.15) is 6.04 Å². The number of aromatic nitrogens is 1. The van der Waals surface area contributed by atoms with E-state index in [-0.39, 0.29) is 56.4 Å². The number of carbonyl (C=O) groups is 4. The molecule has 1 saturated heterocycles. The lowest BCUT2D eigenvalue weighted by molar-refractivity contribution is -0.131. The zero-order valence-electron chi connectivity index (χ0n) is 32.5. The Balaban J connectivity index is 1.80. The van der Waals surface area contributed by atoms with Crippen molar-refractivity contribution < 1.29 is 34.1 Å². The van der Waals surface area contributed by atoms with Crippen molar-refractivity contribution in [3.05, 3.63) is 65.5 Å². The number of pyridine rings is 1. The molecule has 14 heteroatoms. The fourth-order valence-corrected chi connectivity index (χ4v) is 6.31. The number of ether oxygens (including phenoxy) is 1. The van der Waals surface area contributed by atoms with Crippen LogP contribution < -0.4 is 16.1 Å². The van der Waals surface area contributed by atoms with E-state index >= 15 is 0 Å². The first-order chi connectivity index (χ1) is 25.2. The number of nitrogens with one attached hydrogen (secondary N) is 3. The Hall–Kier alpha value is -4.27. The number of hydrogen-bond donors (Lipinski definition) is 5. The highest BCUT2D eigenvalue weighted by atomic mass is 16.5. The molecule has 0 saturated carbocycles. The second-order valence-corrected chi connectivity index (χ2v) is 15.2. The molecule has 0 aliphatic carbocycles. The van der Waals surface area contributed by atoms with Crippen molar-refractivity contribution in [1.29, 1.82) is 0 Å². The highest BCUT2D eigenvalue weighted by molar-refractivity contribution is 5.88. The van der Waals surface area contributed by atoms with Crippen LogP contribution >= 0.6 is 0 Å². The number of carbonyl (C=O) groups excluding carboxylic acids is 4. The zero-order chi connectivity index (χ0) is 39.1. The summed E-state index contributed by atoms with van der Waals surface area (Å²) in [7, 11) is 1.28. The van der Waals surface area contributed by atoms with Crippen LogP contribution in [-0.4, -0.2) is 112 Å². The Labute approximate surface area is 314 Å². The number of urea groups is 1. The third-order valence-corrected chi connectivity index (χ3v) is 9.59. The smallest absolute Gasteiger partial charge is 0.406 e. The van der Waals surface area contributed by atoms with Crippen molar-refractivity contribution in [2.45, 2.75) is 98.6 Å². The summed E-state index contributed by atoms with van der Waals surface area (Å²) in [5.41, 5.74) is 4.48. The third-order valence-electron chi connectivity index (χ3n) is 9.59. The number of nitrogens with zero attached hydrogens (tertiary/aromatic N) is 4. The Morgan fingerprint density at radius 2 is 1.74 bits per heavy atom. The van der Waals surface area contributed by atoms with Crippen molar-refractivity contribution in [3.8, 4) is 0 Å². The number of aliphatic hydroxyl groups excluding tert-OH is 2. The summed E-state index contributed by atoms with van der Waals surface area (Å²) in [6.07, 6.45) is 0.167. The average Bonchev–Trinajstić information content (AvgIpc) is 3.47. The van der Waals surface area contributed by atoms with Crippen LogP contribution in [0.3, 0.4) is 0 Å². The number of hydrazine groups is 1. The van der Waals surface area contributed by atoms with Gasteiger partial charge in [-0.15, -0.1) is 0 Å². The molecular formula is C39H61N7O7. The molecule has 1 aromatic carbocycles. The standard InChI is InChI=1S/C39H61N7O7/c1-8-28(4)35(46-20-19-44(38(46)52)23-30-15-12-16-31(25-47)41-30)36(50)42-32(21-29-13-10-9-11-14-29)33(48)24-45(18-17-27(2)3)43-34(49)22-39(5,6)26-40-37(51)53-7/h9-16,27-28,32-33,35,47-48H,8,17-26H2,1-7H3,(H,40,51)(H,42,50)(H,43,49). The lowest BCUT2D eigenvalue weighted by atomic mass is 9.89. The van der Waals surface area contributed by atoms with Crippen molar-refractivity contribution in [2.24, 2.45) is 17.3 Å². The molecule has 4 atom stereocenters. The first-order valence-electron chi connectivity index (χ1n) is 18.7. The molecule has 0 radical (unpaired) electrons. The predicted octanol–water partition coefficient (Wildman–Crippen LogP) is 3.47. The van der Waals surface area contributed by atoms with E-state index in [9.17, 15) is 29.4 Å². The number of aliphatic hydroxyl groups is 2. The molecule has 0 spiro atoms. The van der Waals surface area contributed by atoms with Gasteiger partial charge in [-0.25, -0.2) is 14.6 Å². The topological polar surface area (TPSA) is 177 Å². The van der Waals surface area contributed by atoms with Crippen molar-refractivity contribution in [1.82, 2.24) is 35.9 Å². The van der Waals surface area contributed by atoms with Gasteiger partial charge in [-0.3, -0.25) is 20.0 Å². The van der Waals surface area contributed by atoms with Crippen LogP contribution in [-0.2, 0) is 33.9 Å². The molecule has 1 aromatic heterocycles. The monoisotopic (exact) mass is 739 g/mol. The third kappa shape index (κ3) is 13.9. The highest BCUT2D eigenvalue weighted by Gasteiger charge is 2.41. The van der Waals surface area contributed by atoms with Crippen LogP contribution in [0.15, 0.2) is 48.5 Å². The van der Waals surface area contributed by atoms with Gasteiger partial charge >= 0.3 is 12.1 Å². The Kier molecular flexibility index (Phi) is 17.0. The Morgan fingerprint density at radius 3 is 2.38 bits per heavy atom. The number of benzene rings is 1. The van der Waals surface area contributed by atoms with Crippen LogP contribution in [0.25, 0.3) is 0 Å². The maximum Gasteiger partial charge on any atom is 0.406 e. The molecule has 4 unspecified atom stereocenters. The number of alkyl carbamates (subject to hydrolysis) is 1. The predicted molar refractivity (Wildman–Crippen MR) is 202 cm³/mol. The molecule has 2 heterocycles. The molecule has 294 valence electrons. The van der Waals surface area contributed by atoms with Gasteiger partial charge in [-0.05, 0) is 47.8 Å². The average molecular weight is 740 g/mol. The van der Waals surface area contributed by atoms with Gasteiger partial charge < -0.3 is 35.4 Å². The minimum absolute atomic E-state index is 0.0431. The van der Waals surface area contributed by atoms with E-state index in [0.29, 0.717) is 49.8 Å². The normalized spacial score (nSPS) is 15.6. The van der Waals surface area contributed by atoms with Gasteiger partial charge in [0.2, 0.25) is 11.8 Å². The molecule has 53 heavy (non-hydrogen) atoms. The van der Waals surface area contributed by atoms with Crippen molar-refractivity contribution in [2.75, 3.05) is 39.8 Å². The van der Waals surface area contributed by atoms with Gasteiger partial charge in [-0.2, -0.15) is 0 Å². The molecule has 1 fully saturated rings. The van der Waals surface area contributed by atoms with Crippen LogP contribution in [0.1, 0.15) is 77.8 Å². The highest BCUT2D eigenvalue weighted by Crippen LogP contribution is 2.23. The molecule has 1 aliphatic rings. The molecule has 5 N–H and O–H groups in total. The van der Waals surface area contributed by atoms with E-state index in [1.165, 1.54) is 7.11 Å². The van der Waals surface area contributed by atoms with Crippen LogP contribution in [0.2, 0.25) is 0 Å². The summed E-state index contributed by atoms with van der Waals surface area (Å²) in [4.78, 5) is 60.7. The lowest BCUT2D eigenvalue weighted by Gasteiger charge is -2.35. The second-order valence-electron chi connectivity index (χ2n) is 15.2. The second kappa shape index (κ2) is 20.8. The summed E-state index contributed by atoms with van der Waals surface area (Å²) < 4.78 is 4.66. The fourth-order valence-electron chi connectivity index (χ4n) is 6.31. The van der Waals surface area contributed by atoms with Gasteiger partial charge in [0.15, 0.2) is 0 Å². The van der Waals surface area contributed by atoms with Gasteiger partial charge in [-0.1, -0.05) is 84.4 Å². The maximum atomic E-state index is 14.3. The molecule has 5 amide bonds. The largest absolute Gasteiger partial charge is 0.453 e. The van der Waals surface area contributed by atoms with E-state index in [4.69, 9.17) is 0 Å². The quantitative estimate of drug-likeness (QED) is 0.120. The summed E-state index contributed by atoms with van der Waals surface area (Å²) >= 11 is 0. The van der Waals surface area contributed by atoms with Crippen molar-refractivity contribution in [3.63, 3.8) is 0 Å². The van der Waals surface area contributed by atoms with E-state index in [1.807, 2.05) is 58.0 Å². The Morgan fingerprint density at radius 1 is 1.04 bits per heavy atom. The first kappa shape index (κ1) is 43.1. The molecule has 2 aromatic rings. The first-order valence-corrected chi connectivity index (χ1v) is 18.7. The number of hydrogen-bond acceptors (Lipinski definition) is 9. The van der Waals surface area contributed by atoms with E-state index < -0.39 is 29.7 Å². The van der Waals surface area contributed by atoms with Crippen molar-refractivity contribution >= 4 is 23.9 Å². The van der Waals surface area contributed by atoms with Gasteiger partial charge in [0, 0.05) is 39.1 Å². The summed E-state index contributed by atoms with van der Waals surface area (Å²) in [6, 6.07) is 13.1. The SMILES string of the molecule is CCC(C)C(C(=O)NC(Cc1ccccc1)C(O)CN(CCC(C)C)NC(=O)CC(C)(C)CNC(=O)OC)N1CCN(Cc2cccc(CO)n2)C1=O. The van der Waals surface area contributed by atoms with E-state index in [2.05, 4.69) is 39.6 Å². The number of amides is 5. The van der Waals surface area contributed by atoms with E-state index in [0.717, 1.165) is 12.0 Å². The van der Waals surface area contributed by atoms with E-state index in [1.54, 1.807) is 33.0 Å². The summed E-state index contributed by atoms with van der Waals surface area (Å²) in [6.45, 7) is 13.4. The summed E-state index contributed by atoms with van der Waals surface area (Å²) in [5, 5.41) is 28.8.